The summed E-state index contributed by atoms with van der Waals surface area (Å²) in [5, 5.41) is 3.46. The van der Waals surface area contributed by atoms with Gasteiger partial charge in [0, 0.05) is 25.1 Å². The second kappa shape index (κ2) is 9.93. The minimum atomic E-state index is -0.424. The first kappa shape index (κ1) is 23.9. The third kappa shape index (κ3) is 4.82. The van der Waals surface area contributed by atoms with E-state index in [9.17, 15) is 9.59 Å². The van der Waals surface area contributed by atoms with E-state index >= 15 is 0 Å². The predicted molar refractivity (Wildman–Crippen MR) is 134 cm³/mol. The van der Waals surface area contributed by atoms with Crippen LogP contribution in [0.25, 0.3) is 0 Å². The lowest BCUT2D eigenvalue weighted by Crippen LogP contribution is -2.33. The molecule has 1 aliphatic rings. The maximum atomic E-state index is 13.2. The maximum Gasteiger partial charge on any atom is 0.279 e. The van der Waals surface area contributed by atoms with Gasteiger partial charge in [0.2, 0.25) is 5.91 Å². The number of aromatic nitrogens is 2. The van der Waals surface area contributed by atoms with Crippen molar-refractivity contribution in [1.82, 2.24) is 9.55 Å². The van der Waals surface area contributed by atoms with Gasteiger partial charge >= 0.3 is 0 Å². The Balaban J connectivity index is 1.71. The Bertz CT molecular complexity index is 1290. The number of carbonyl (C=O) groups excluding carboxylic acids is 1. The van der Waals surface area contributed by atoms with E-state index in [1.54, 1.807) is 11.7 Å². The fourth-order valence-electron chi connectivity index (χ4n) is 4.12. The number of amides is 1. The Kier molecular flexibility index (Phi) is 6.97. The molecule has 0 fully saturated rings. The number of nitrogens with zero attached hydrogens (tertiary/aromatic N) is 2. The highest BCUT2D eigenvalue weighted by Gasteiger charge is 2.32. The standard InChI is InChI=1S/C26H29N3O4S/c1-15(2)33-20-11-10-17(12-21(20)32-5)19-13-22(30)27-24-23(19)25(31)28-26(29(24)4)34-14-18-9-7-6-8-16(18)3/h6-12,15,19H,13-14H2,1-5H3,(H,27,30). The first-order valence-corrected chi connectivity index (χ1v) is 12.2. The predicted octanol–water partition coefficient (Wildman–Crippen LogP) is 4.65. The van der Waals surface area contributed by atoms with Crippen molar-refractivity contribution in [3.8, 4) is 11.5 Å². The number of hydrogen-bond donors (Lipinski definition) is 1. The number of methoxy groups -OCH3 is 1. The molecule has 34 heavy (non-hydrogen) atoms. The van der Waals surface area contributed by atoms with Gasteiger partial charge in [-0.15, -0.1) is 0 Å². The van der Waals surface area contributed by atoms with Gasteiger partial charge in [-0.25, -0.2) is 0 Å². The molecule has 4 rings (SSSR count). The Morgan fingerprint density at radius 2 is 1.94 bits per heavy atom. The van der Waals surface area contributed by atoms with Crippen LogP contribution in [0, 0.1) is 6.92 Å². The second-order valence-corrected chi connectivity index (χ2v) is 9.56. The van der Waals surface area contributed by atoms with Gasteiger partial charge in [0.05, 0.1) is 18.8 Å². The largest absolute Gasteiger partial charge is 0.493 e. The van der Waals surface area contributed by atoms with Crippen LogP contribution in [0.3, 0.4) is 0 Å². The summed E-state index contributed by atoms with van der Waals surface area (Å²) in [6.45, 7) is 5.95. The van der Waals surface area contributed by atoms with E-state index in [0.717, 1.165) is 5.56 Å². The van der Waals surface area contributed by atoms with Crippen molar-refractivity contribution in [3.05, 3.63) is 75.1 Å². The van der Waals surface area contributed by atoms with Gasteiger partial charge in [-0.2, -0.15) is 4.98 Å². The molecule has 0 spiro atoms. The topological polar surface area (TPSA) is 82.5 Å². The molecule has 1 atom stereocenters. The summed E-state index contributed by atoms with van der Waals surface area (Å²) in [6.07, 6.45) is 0.153. The number of ether oxygens (including phenoxy) is 2. The Morgan fingerprint density at radius 3 is 2.65 bits per heavy atom. The summed E-state index contributed by atoms with van der Waals surface area (Å²) < 4.78 is 13.1. The quantitative estimate of drug-likeness (QED) is 0.392. The zero-order valence-corrected chi connectivity index (χ0v) is 20.9. The summed E-state index contributed by atoms with van der Waals surface area (Å²) in [5.74, 6) is 1.79. The lowest BCUT2D eigenvalue weighted by atomic mass is 9.86. The monoisotopic (exact) mass is 479 g/mol. The lowest BCUT2D eigenvalue weighted by Gasteiger charge is -2.28. The van der Waals surface area contributed by atoms with Crippen molar-refractivity contribution in [3.63, 3.8) is 0 Å². The zero-order chi connectivity index (χ0) is 24.4. The molecule has 8 heteroatoms. The molecule has 0 saturated heterocycles. The van der Waals surface area contributed by atoms with Crippen LogP contribution in [-0.4, -0.2) is 28.7 Å². The Labute approximate surface area is 203 Å². The first-order chi connectivity index (χ1) is 16.3. The van der Waals surface area contributed by atoms with Gasteiger partial charge in [-0.3, -0.25) is 9.59 Å². The van der Waals surface area contributed by atoms with Crippen molar-refractivity contribution in [2.75, 3.05) is 12.4 Å². The molecule has 3 aromatic rings. The van der Waals surface area contributed by atoms with Crippen LogP contribution in [0.1, 0.15) is 48.4 Å². The number of aryl methyl sites for hydroxylation is 1. The SMILES string of the molecule is COc1cc(C2CC(=O)Nc3c2c(=O)nc(SCc2ccccc2C)n3C)ccc1OC(C)C. The second-order valence-electron chi connectivity index (χ2n) is 8.62. The average Bonchev–Trinajstić information content (AvgIpc) is 2.80. The summed E-state index contributed by atoms with van der Waals surface area (Å²) in [7, 11) is 3.40. The average molecular weight is 480 g/mol. The van der Waals surface area contributed by atoms with E-state index in [2.05, 4.69) is 29.4 Å². The molecule has 1 aliphatic heterocycles. The van der Waals surface area contributed by atoms with E-state index in [0.29, 0.717) is 33.8 Å². The summed E-state index contributed by atoms with van der Waals surface area (Å²) in [5.41, 5.74) is 3.33. The minimum absolute atomic E-state index is 0.00646. The fraction of sp³-hybridized carbons (Fsp3) is 0.346. The number of nitrogens with one attached hydrogen (secondary N) is 1. The number of fused-ring (bicyclic) bond motifs is 1. The highest BCUT2D eigenvalue weighted by Crippen LogP contribution is 2.39. The minimum Gasteiger partial charge on any atom is -0.493 e. The molecule has 178 valence electrons. The molecular formula is C26H29N3O4S. The third-order valence-corrected chi connectivity index (χ3v) is 6.95. The molecule has 1 N–H and O–H groups in total. The summed E-state index contributed by atoms with van der Waals surface area (Å²) >= 11 is 1.48. The van der Waals surface area contributed by atoms with Crippen molar-refractivity contribution in [2.45, 2.75) is 50.1 Å². The number of rotatable bonds is 7. The molecule has 1 amide bonds. The van der Waals surface area contributed by atoms with Crippen molar-refractivity contribution >= 4 is 23.5 Å². The van der Waals surface area contributed by atoms with Crippen LogP contribution in [0.4, 0.5) is 5.82 Å². The maximum absolute atomic E-state index is 13.2. The molecule has 7 nitrogen and oxygen atoms in total. The van der Waals surface area contributed by atoms with Crippen LogP contribution in [0.2, 0.25) is 0 Å². The van der Waals surface area contributed by atoms with Gasteiger partial charge in [0.25, 0.3) is 5.56 Å². The van der Waals surface area contributed by atoms with E-state index in [1.165, 1.54) is 22.9 Å². The van der Waals surface area contributed by atoms with E-state index < -0.39 is 5.92 Å². The number of benzene rings is 2. The number of thioether (sulfide) groups is 1. The van der Waals surface area contributed by atoms with Crippen molar-refractivity contribution < 1.29 is 14.3 Å². The molecule has 0 bridgehead atoms. The highest BCUT2D eigenvalue weighted by atomic mass is 32.2. The Morgan fingerprint density at radius 1 is 1.18 bits per heavy atom. The third-order valence-electron chi connectivity index (χ3n) is 5.87. The Hall–Kier alpha value is -3.26. The van der Waals surface area contributed by atoms with Gasteiger partial charge in [-0.1, -0.05) is 42.1 Å². The molecule has 2 heterocycles. The molecule has 1 unspecified atom stereocenters. The van der Waals surface area contributed by atoms with Gasteiger partial charge in [0.15, 0.2) is 16.7 Å². The van der Waals surface area contributed by atoms with Crippen LogP contribution in [0.15, 0.2) is 52.4 Å². The summed E-state index contributed by atoms with van der Waals surface area (Å²) in [4.78, 5) is 30.3. The van der Waals surface area contributed by atoms with E-state index in [1.807, 2.05) is 51.2 Å². The zero-order valence-electron chi connectivity index (χ0n) is 20.0. The van der Waals surface area contributed by atoms with Crippen LogP contribution >= 0.6 is 11.8 Å². The van der Waals surface area contributed by atoms with E-state index in [-0.39, 0.29) is 24.0 Å². The van der Waals surface area contributed by atoms with Crippen molar-refractivity contribution in [1.29, 1.82) is 0 Å². The molecule has 0 saturated carbocycles. The number of carbonyl (C=O) groups is 1. The van der Waals surface area contributed by atoms with Crippen LogP contribution < -0.4 is 20.3 Å². The molecule has 2 aromatic carbocycles. The van der Waals surface area contributed by atoms with Gasteiger partial charge in [0.1, 0.15) is 5.82 Å². The number of hydrogen-bond acceptors (Lipinski definition) is 6. The van der Waals surface area contributed by atoms with E-state index in [4.69, 9.17) is 9.47 Å². The van der Waals surface area contributed by atoms with Crippen molar-refractivity contribution in [2.24, 2.45) is 7.05 Å². The molecule has 0 radical (unpaired) electrons. The summed E-state index contributed by atoms with van der Waals surface area (Å²) in [6, 6.07) is 13.7. The smallest absolute Gasteiger partial charge is 0.279 e. The molecule has 1 aromatic heterocycles. The molecule has 0 aliphatic carbocycles. The highest BCUT2D eigenvalue weighted by molar-refractivity contribution is 7.98. The molecular weight excluding hydrogens is 450 g/mol. The lowest BCUT2D eigenvalue weighted by molar-refractivity contribution is -0.116. The first-order valence-electron chi connectivity index (χ1n) is 11.2. The fourth-order valence-corrected chi connectivity index (χ4v) is 5.16. The van der Waals surface area contributed by atoms with Crippen LogP contribution in [0.5, 0.6) is 11.5 Å². The normalized spacial score (nSPS) is 15.1. The number of anilines is 1. The van der Waals surface area contributed by atoms with Gasteiger partial charge < -0.3 is 19.4 Å². The van der Waals surface area contributed by atoms with Crippen LogP contribution in [-0.2, 0) is 17.6 Å². The van der Waals surface area contributed by atoms with Gasteiger partial charge in [-0.05, 0) is 49.6 Å².